The van der Waals surface area contributed by atoms with Crippen LogP contribution in [-0.2, 0) is 7.05 Å². The molecule has 3 nitrogen and oxygen atoms in total. The Kier molecular flexibility index (Phi) is 2.92. The smallest absolute Gasteiger partial charge is 0.135 e. The van der Waals surface area contributed by atoms with E-state index in [0.29, 0.717) is 6.04 Å². The minimum atomic E-state index is 0.514. The lowest BCUT2D eigenvalue weighted by atomic mass is 9.97. The number of hydrogen-bond donors (Lipinski definition) is 1. The van der Waals surface area contributed by atoms with Crippen LogP contribution in [0.4, 0.5) is 0 Å². The number of aryl methyl sites for hydroxylation is 1. The van der Waals surface area contributed by atoms with E-state index in [-0.39, 0.29) is 0 Å². The van der Waals surface area contributed by atoms with Crippen molar-refractivity contribution < 1.29 is 0 Å². The van der Waals surface area contributed by atoms with Crippen molar-refractivity contribution in [1.82, 2.24) is 15.1 Å². The Morgan fingerprint density at radius 1 is 1.41 bits per heavy atom. The number of halogens is 1. The molecule has 1 aromatic carbocycles. The Bertz CT molecular complexity index is 541. The molecule has 1 N–H and O–H groups in total. The quantitative estimate of drug-likeness (QED) is 0.875. The maximum atomic E-state index is 4.39. The molecule has 0 aliphatic carbocycles. The molecule has 4 heteroatoms. The lowest BCUT2D eigenvalue weighted by molar-refractivity contribution is 0.412. The van der Waals surface area contributed by atoms with E-state index in [4.69, 9.17) is 0 Å². The number of benzene rings is 1. The van der Waals surface area contributed by atoms with Crippen molar-refractivity contribution in [1.29, 1.82) is 0 Å². The molecule has 0 radical (unpaired) electrons. The largest absolute Gasteiger partial charge is 0.310 e. The summed E-state index contributed by atoms with van der Waals surface area (Å²) in [6.07, 6.45) is 3.86. The van der Waals surface area contributed by atoms with Crippen molar-refractivity contribution in [3.8, 4) is 0 Å². The molecular weight excluding hydrogens is 278 g/mol. The normalized spacial score (nSPS) is 20.9. The molecule has 1 unspecified atom stereocenters. The van der Waals surface area contributed by atoms with E-state index in [9.17, 15) is 0 Å². The van der Waals surface area contributed by atoms with E-state index in [1.807, 2.05) is 11.7 Å². The first-order chi connectivity index (χ1) is 8.25. The lowest BCUT2D eigenvalue weighted by Gasteiger charge is -2.23. The monoisotopic (exact) mass is 293 g/mol. The number of hydrogen-bond acceptors (Lipinski definition) is 2. The van der Waals surface area contributed by atoms with Crippen molar-refractivity contribution in [3.63, 3.8) is 0 Å². The SMILES string of the molecule is Cn1nc(Br)c2cc(C3CCCCN3)ccc21. The van der Waals surface area contributed by atoms with Crippen molar-refractivity contribution in [2.45, 2.75) is 25.3 Å². The summed E-state index contributed by atoms with van der Waals surface area (Å²) in [4.78, 5) is 0. The first kappa shape index (κ1) is 11.2. The van der Waals surface area contributed by atoms with Crippen LogP contribution in [-0.4, -0.2) is 16.3 Å². The molecule has 17 heavy (non-hydrogen) atoms. The van der Waals surface area contributed by atoms with E-state index in [2.05, 4.69) is 44.5 Å². The summed E-state index contributed by atoms with van der Waals surface area (Å²) in [6, 6.07) is 7.16. The van der Waals surface area contributed by atoms with Crippen molar-refractivity contribution in [2.75, 3.05) is 6.54 Å². The Labute approximate surface area is 109 Å². The van der Waals surface area contributed by atoms with Crippen LogP contribution in [0.15, 0.2) is 22.8 Å². The minimum absolute atomic E-state index is 0.514. The molecule has 1 aliphatic rings. The van der Waals surface area contributed by atoms with Gasteiger partial charge in [-0.15, -0.1) is 0 Å². The fourth-order valence-corrected chi connectivity index (χ4v) is 3.15. The molecule has 0 bridgehead atoms. The second-order valence-electron chi connectivity index (χ2n) is 4.69. The second-order valence-corrected chi connectivity index (χ2v) is 5.44. The summed E-state index contributed by atoms with van der Waals surface area (Å²) < 4.78 is 2.85. The average Bonchev–Trinajstić information content (AvgIpc) is 2.66. The minimum Gasteiger partial charge on any atom is -0.310 e. The highest BCUT2D eigenvalue weighted by atomic mass is 79.9. The molecule has 0 amide bonds. The standard InChI is InChI=1S/C13H16BrN3/c1-17-12-6-5-9(8-10(12)13(14)16-17)11-4-2-3-7-15-11/h5-6,8,11,15H,2-4,7H2,1H3. The molecule has 1 atom stereocenters. The van der Waals surface area contributed by atoms with Crippen molar-refractivity contribution in [3.05, 3.63) is 28.4 Å². The summed E-state index contributed by atoms with van der Waals surface area (Å²) in [5, 5.41) is 9.18. The number of nitrogens with one attached hydrogen (secondary N) is 1. The molecule has 1 fully saturated rings. The molecule has 1 aromatic heterocycles. The average molecular weight is 294 g/mol. The fourth-order valence-electron chi connectivity index (χ4n) is 2.59. The van der Waals surface area contributed by atoms with Gasteiger partial charge in [-0.05, 0) is 53.0 Å². The van der Waals surface area contributed by atoms with Gasteiger partial charge in [-0.3, -0.25) is 4.68 Å². The topological polar surface area (TPSA) is 29.9 Å². The molecule has 0 spiro atoms. The van der Waals surface area contributed by atoms with Crippen LogP contribution < -0.4 is 5.32 Å². The maximum Gasteiger partial charge on any atom is 0.135 e. The Balaban J connectivity index is 2.03. The predicted octanol–water partition coefficient (Wildman–Crippen LogP) is 3.15. The molecule has 2 aromatic rings. The van der Waals surface area contributed by atoms with E-state index in [0.717, 1.165) is 11.1 Å². The van der Waals surface area contributed by atoms with E-state index in [1.54, 1.807) is 0 Å². The molecular formula is C13H16BrN3. The van der Waals surface area contributed by atoms with Crippen LogP contribution in [0.2, 0.25) is 0 Å². The predicted molar refractivity (Wildman–Crippen MR) is 73.0 cm³/mol. The van der Waals surface area contributed by atoms with E-state index >= 15 is 0 Å². The van der Waals surface area contributed by atoms with Gasteiger partial charge in [0.05, 0.1) is 5.52 Å². The summed E-state index contributed by atoms with van der Waals surface area (Å²) in [5.41, 5.74) is 2.56. The van der Waals surface area contributed by atoms with Gasteiger partial charge in [0.2, 0.25) is 0 Å². The Hall–Kier alpha value is -0.870. The van der Waals surface area contributed by atoms with Crippen LogP contribution in [0.25, 0.3) is 10.9 Å². The maximum absolute atomic E-state index is 4.39. The highest BCUT2D eigenvalue weighted by Crippen LogP contribution is 2.29. The van der Waals surface area contributed by atoms with Gasteiger partial charge >= 0.3 is 0 Å². The van der Waals surface area contributed by atoms with Gasteiger partial charge < -0.3 is 5.32 Å². The van der Waals surface area contributed by atoms with Crippen LogP contribution in [0, 0.1) is 0 Å². The third-order valence-corrected chi connectivity index (χ3v) is 4.13. The summed E-state index contributed by atoms with van der Waals surface area (Å²) in [6.45, 7) is 1.14. The number of piperidine rings is 1. The van der Waals surface area contributed by atoms with Crippen LogP contribution in [0.5, 0.6) is 0 Å². The summed E-state index contributed by atoms with van der Waals surface area (Å²) >= 11 is 3.52. The van der Waals surface area contributed by atoms with Crippen LogP contribution in [0.3, 0.4) is 0 Å². The van der Waals surface area contributed by atoms with Gasteiger partial charge in [-0.1, -0.05) is 12.5 Å². The fraction of sp³-hybridized carbons (Fsp3) is 0.462. The van der Waals surface area contributed by atoms with Gasteiger partial charge in [0.15, 0.2) is 0 Å². The zero-order chi connectivity index (χ0) is 11.8. The summed E-state index contributed by atoms with van der Waals surface area (Å²) in [5.74, 6) is 0. The molecule has 0 saturated carbocycles. The molecule has 1 saturated heterocycles. The first-order valence-corrected chi connectivity index (χ1v) is 6.90. The Morgan fingerprint density at radius 2 is 2.29 bits per heavy atom. The molecule has 1 aliphatic heterocycles. The highest BCUT2D eigenvalue weighted by molar-refractivity contribution is 9.10. The zero-order valence-corrected chi connectivity index (χ0v) is 11.5. The van der Waals surface area contributed by atoms with Gasteiger partial charge in [0, 0.05) is 18.5 Å². The zero-order valence-electron chi connectivity index (χ0n) is 9.91. The lowest BCUT2D eigenvalue weighted by Crippen LogP contribution is -2.26. The van der Waals surface area contributed by atoms with Gasteiger partial charge in [0.25, 0.3) is 0 Å². The third kappa shape index (κ3) is 2.00. The molecule has 2 heterocycles. The highest BCUT2D eigenvalue weighted by Gasteiger charge is 2.16. The van der Waals surface area contributed by atoms with E-state index < -0.39 is 0 Å². The Morgan fingerprint density at radius 3 is 3.06 bits per heavy atom. The van der Waals surface area contributed by atoms with Gasteiger partial charge in [-0.25, -0.2) is 0 Å². The number of nitrogens with zero attached hydrogens (tertiary/aromatic N) is 2. The number of fused-ring (bicyclic) bond motifs is 1. The van der Waals surface area contributed by atoms with Gasteiger partial charge in [-0.2, -0.15) is 5.10 Å². The number of rotatable bonds is 1. The van der Waals surface area contributed by atoms with Crippen molar-refractivity contribution >= 4 is 26.8 Å². The van der Waals surface area contributed by atoms with Gasteiger partial charge in [0.1, 0.15) is 4.60 Å². The first-order valence-electron chi connectivity index (χ1n) is 6.11. The van der Waals surface area contributed by atoms with Crippen LogP contribution in [0.1, 0.15) is 30.9 Å². The molecule has 3 rings (SSSR count). The summed E-state index contributed by atoms with van der Waals surface area (Å²) in [7, 11) is 1.98. The van der Waals surface area contributed by atoms with Crippen LogP contribution >= 0.6 is 15.9 Å². The van der Waals surface area contributed by atoms with Crippen molar-refractivity contribution in [2.24, 2.45) is 7.05 Å². The number of aromatic nitrogens is 2. The molecule has 90 valence electrons. The van der Waals surface area contributed by atoms with E-state index in [1.165, 1.54) is 35.7 Å². The second kappa shape index (κ2) is 4.42. The third-order valence-electron chi connectivity index (χ3n) is 3.54.